The Morgan fingerprint density at radius 2 is 2.00 bits per heavy atom. The Hall–Kier alpha value is -1.39. The van der Waals surface area contributed by atoms with Gasteiger partial charge in [0.1, 0.15) is 6.61 Å². The number of aryl methyl sites for hydroxylation is 1. The summed E-state index contributed by atoms with van der Waals surface area (Å²) in [6, 6.07) is 5.94. The van der Waals surface area contributed by atoms with Crippen LogP contribution in [0.2, 0.25) is 5.02 Å². The molecule has 0 saturated heterocycles. The average Bonchev–Trinajstić information content (AvgIpc) is 2.71. The van der Waals surface area contributed by atoms with Crippen molar-refractivity contribution in [2.75, 3.05) is 0 Å². The Morgan fingerprint density at radius 1 is 1.28 bits per heavy atom. The first-order valence-electron chi connectivity index (χ1n) is 5.85. The van der Waals surface area contributed by atoms with Gasteiger partial charge in [-0.1, -0.05) is 11.6 Å². The zero-order chi connectivity index (χ0) is 13.3. The molecule has 0 bridgehead atoms. The molecule has 0 fully saturated rings. The molecule has 0 aliphatic heterocycles. The van der Waals surface area contributed by atoms with Gasteiger partial charge in [-0.15, -0.1) is 10.2 Å². The van der Waals surface area contributed by atoms with Gasteiger partial charge in [-0.3, -0.25) is 0 Å². The van der Waals surface area contributed by atoms with Gasteiger partial charge >= 0.3 is 0 Å². The van der Waals surface area contributed by atoms with E-state index in [0.29, 0.717) is 10.8 Å². The monoisotopic (exact) mass is 265 g/mol. The smallest absolute Gasteiger partial charge is 0.164 e. The first-order valence-corrected chi connectivity index (χ1v) is 6.23. The maximum atomic E-state index is 9.29. The predicted molar refractivity (Wildman–Crippen MR) is 71.5 cm³/mol. The number of hydrogen-bond acceptors (Lipinski definition) is 3. The standard InChI is InChI=1S/C13H16ClN3O/c1-8(2)17-12(7-18)15-16-13(17)10-4-9(3)5-11(14)6-10/h4-6,8,18H,7H2,1-3H3. The summed E-state index contributed by atoms with van der Waals surface area (Å²) in [6.45, 7) is 5.93. The molecule has 18 heavy (non-hydrogen) atoms. The van der Waals surface area contributed by atoms with Crippen LogP contribution in [-0.2, 0) is 6.61 Å². The van der Waals surface area contributed by atoms with Crippen LogP contribution in [0.5, 0.6) is 0 Å². The van der Waals surface area contributed by atoms with Gasteiger partial charge in [0.2, 0.25) is 0 Å². The van der Waals surface area contributed by atoms with Crippen LogP contribution in [0.4, 0.5) is 0 Å². The molecule has 1 aromatic heterocycles. The highest BCUT2D eigenvalue weighted by atomic mass is 35.5. The molecule has 0 atom stereocenters. The zero-order valence-corrected chi connectivity index (χ0v) is 11.4. The van der Waals surface area contributed by atoms with E-state index in [4.69, 9.17) is 11.6 Å². The Bertz CT molecular complexity index is 543. The van der Waals surface area contributed by atoms with E-state index in [1.54, 1.807) is 0 Å². The molecule has 0 amide bonds. The number of rotatable bonds is 3. The number of halogens is 1. The van der Waals surface area contributed by atoms with Gasteiger partial charge in [-0.2, -0.15) is 0 Å². The van der Waals surface area contributed by atoms with Gasteiger partial charge < -0.3 is 9.67 Å². The average molecular weight is 266 g/mol. The number of aromatic nitrogens is 3. The summed E-state index contributed by atoms with van der Waals surface area (Å²) in [4.78, 5) is 0. The second-order valence-corrected chi connectivity index (χ2v) is 5.02. The summed E-state index contributed by atoms with van der Waals surface area (Å²) < 4.78 is 1.92. The Balaban J connectivity index is 2.60. The van der Waals surface area contributed by atoms with E-state index >= 15 is 0 Å². The first-order chi connectivity index (χ1) is 8.52. The summed E-state index contributed by atoms with van der Waals surface area (Å²) >= 11 is 6.07. The van der Waals surface area contributed by atoms with Crippen molar-refractivity contribution in [1.82, 2.24) is 14.8 Å². The minimum absolute atomic E-state index is 0.120. The van der Waals surface area contributed by atoms with Gasteiger partial charge in [0.25, 0.3) is 0 Å². The van der Waals surface area contributed by atoms with Gasteiger partial charge in [-0.05, 0) is 44.5 Å². The fourth-order valence-corrected chi connectivity index (χ4v) is 2.33. The van der Waals surface area contributed by atoms with Gasteiger partial charge in [0, 0.05) is 16.6 Å². The molecule has 0 unspecified atom stereocenters. The predicted octanol–water partition coefficient (Wildman–Crippen LogP) is 2.98. The van der Waals surface area contributed by atoms with Crippen molar-refractivity contribution in [2.45, 2.75) is 33.4 Å². The maximum Gasteiger partial charge on any atom is 0.164 e. The van der Waals surface area contributed by atoms with Crippen LogP contribution in [0.15, 0.2) is 18.2 Å². The van der Waals surface area contributed by atoms with E-state index in [9.17, 15) is 5.11 Å². The van der Waals surface area contributed by atoms with Gasteiger partial charge in [-0.25, -0.2) is 0 Å². The maximum absolute atomic E-state index is 9.29. The molecule has 4 nitrogen and oxygen atoms in total. The number of benzene rings is 1. The van der Waals surface area contributed by atoms with Crippen molar-refractivity contribution in [2.24, 2.45) is 0 Å². The molecule has 0 radical (unpaired) electrons. The molecule has 96 valence electrons. The minimum atomic E-state index is -0.120. The fourth-order valence-electron chi connectivity index (χ4n) is 2.04. The molecule has 2 rings (SSSR count). The molecule has 0 aliphatic carbocycles. The molecule has 1 N–H and O–H groups in total. The van der Waals surface area contributed by atoms with Crippen molar-refractivity contribution in [3.8, 4) is 11.4 Å². The zero-order valence-electron chi connectivity index (χ0n) is 10.7. The summed E-state index contributed by atoms with van der Waals surface area (Å²) in [5, 5.41) is 18.1. The van der Waals surface area contributed by atoms with E-state index in [2.05, 4.69) is 10.2 Å². The third-order valence-corrected chi connectivity index (χ3v) is 2.94. The second-order valence-electron chi connectivity index (χ2n) is 4.58. The minimum Gasteiger partial charge on any atom is -0.388 e. The molecule has 2 aromatic rings. The topological polar surface area (TPSA) is 50.9 Å². The second kappa shape index (κ2) is 5.08. The molecular weight excluding hydrogens is 250 g/mol. The summed E-state index contributed by atoms with van der Waals surface area (Å²) in [5.74, 6) is 1.30. The Morgan fingerprint density at radius 3 is 2.56 bits per heavy atom. The van der Waals surface area contributed by atoms with E-state index in [-0.39, 0.29) is 12.6 Å². The number of hydrogen-bond donors (Lipinski definition) is 1. The lowest BCUT2D eigenvalue weighted by atomic mass is 10.1. The van der Waals surface area contributed by atoms with Crippen molar-refractivity contribution in [3.63, 3.8) is 0 Å². The molecule has 1 heterocycles. The highest BCUT2D eigenvalue weighted by molar-refractivity contribution is 6.30. The van der Waals surface area contributed by atoms with Crippen molar-refractivity contribution in [3.05, 3.63) is 34.6 Å². The van der Waals surface area contributed by atoms with Gasteiger partial charge in [0.05, 0.1) is 0 Å². The van der Waals surface area contributed by atoms with Crippen LogP contribution in [-0.4, -0.2) is 19.9 Å². The molecule has 1 aromatic carbocycles. The molecule has 0 aliphatic rings. The summed E-state index contributed by atoms with van der Waals surface area (Å²) in [6.07, 6.45) is 0. The SMILES string of the molecule is Cc1cc(Cl)cc(-c2nnc(CO)n2C(C)C)c1. The Kier molecular flexibility index (Phi) is 3.68. The van der Waals surface area contributed by atoms with Crippen molar-refractivity contribution in [1.29, 1.82) is 0 Å². The highest BCUT2D eigenvalue weighted by Gasteiger charge is 2.16. The van der Waals surface area contributed by atoms with Crippen LogP contribution in [0.25, 0.3) is 11.4 Å². The molecule has 5 heteroatoms. The molecular formula is C13H16ClN3O. The van der Waals surface area contributed by atoms with E-state index in [1.165, 1.54) is 0 Å². The normalized spacial score (nSPS) is 11.2. The van der Waals surface area contributed by atoms with Crippen molar-refractivity contribution >= 4 is 11.6 Å². The van der Waals surface area contributed by atoms with E-state index in [0.717, 1.165) is 17.0 Å². The van der Waals surface area contributed by atoms with Gasteiger partial charge in [0.15, 0.2) is 11.6 Å². The van der Waals surface area contributed by atoms with E-state index in [1.807, 2.05) is 43.5 Å². The van der Waals surface area contributed by atoms with E-state index < -0.39 is 0 Å². The number of aliphatic hydroxyl groups is 1. The quantitative estimate of drug-likeness (QED) is 0.928. The lowest BCUT2D eigenvalue weighted by Crippen LogP contribution is -2.08. The highest BCUT2D eigenvalue weighted by Crippen LogP contribution is 2.26. The summed E-state index contributed by atoms with van der Waals surface area (Å²) in [7, 11) is 0. The van der Waals surface area contributed by atoms with Crippen LogP contribution < -0.4 is 0 Å². The van der Waals surface area contributed by atoms with Crippen LogP contribution >= 0.6 is 11.6 Å². The third-order valence-electron chi connectivity index (χ3n) is 2.72. The first kappa shape index (κ1) is 13.1. The fraction of sp³-hybridized carbons (Fsp3) is 0.385. The number of nitrogens with zero attached hydrogens (tertiary/aromatic N) is 3. The van der Waals surface area contributed by atoms with Crippen LogP contribution in [0.3, 0.4) is 0 Å². The van der Waals surface area contributed by atoms with Crippen molar-refractivity contribution < 1.29 is 5.11 Å². The van der Waals surface area contributed by atoms with Crippen LogP contribution in [0, 0.1) is 6.92 Å². The molecule has 0 saturated carbocycles. The third kappa shape index (κ3) is 2.40. The summed E-state index contributed by atoms with van der Waals surface area (Å²) in [5.41, 5.74) is 1.99. The largest absolute Gasteiger partial charge is 0.388 e. The Labute approximate surface area is 111 Å². The lowest BCUT2D eigenvalue weighted by molar-refractivity contribution is 0.262. The number of aliphatic hydroxyl groups excluding tert-OH is 1. The van der Waals surface area contributed by atoms with Crippen LogP contribution in [0.1, 0.15) is 31.3 Å². The molecule has 0 spiro atoms. The lowest BCUT2D eigenvalue weighted by Gasteiger charge is -2.13.